The zero-order valence-corrected chi connectivity index (χ0v) is 10.5. The molecule has 0 saturated carbocycles. The molecule has 1 N–H and O–H groups in total. The molecule has 2 unspecified atom stereocenters. The molecule has 4 heteroatoms. The van der Waals surface area contributed by atoms with E-state index in [1.54, 1.807) is 0 Å². The number of Topliss-reactive ketones (excluding diaryl/α,β-unsaturated/α-hetero) is 1. The Hall–Kier alpha value is -1.58. The Morgan fingerprint density at radius 1 is 1.59 bits per heavy atom. The van der Waals surface area contributed by atoms with E-state index in [1.165, 1.54) is 14.0 Å². The number of carbonyl (C=O) groups is 2. The van der Waals surface area contributed by atoms with Crippen LogP contribution in [-0.4, -0.2) is 25.0 Å². The van der Waals surface area contributed by atoms with Crippen molar-refractivity contribution in [2.45, 2.75) is 32.7 Å². The summed E-state index contributed by atoms with van der Waals surface area (Å²) in [5, 5.41) is 2.54. The number of rotatable bonds is 4. The fourth-order valence-electron chi connectivity index (χ4n) is 1.79. The van der Waals surface area contributed by atoms with Crippen LogP contribution in [0.2, 0.25) is 0 Å². The first-order valence-electron chi connectivity index (χ1n) is 5.75. The number of amides is 1. The number of hydrogen-bond donors (Lipinski definition) is 1. The number of ketones is 1. The first kappa shape index (κ1) is 13.5. The molecule has 0 aromatic heterocycles. The summed E-state index contributed by atoms with van der Waals surface area (Å²) in [7, 11) is 1.29. The third kappa shape index (κ3) is 4.43. The van der Waals surface area contributed by atoms with E-state index >= 15 is 0 Å². The van der Waals surface area contributed by atoms with Crippen LogP contribution in [-0.2, 0) is 9.53 Å². The van der Waals surface area contributed by atoms with Gasteiger partial charge < -0.3 is 10.1 Å². The Balaban J connectivity index is 2.64. The van der Waals surface area contributed by atoms with E-state index in [0.29, 0.717) is 12.3 Å². The zero-order chi connectivity index (χ0) is 12.8. The van der Waals surface area contributed by atoms with Crippen LogP contribution in [0.15, 0.2) is 23.8 Å². The third-order valence-corrected chi connectivity index (χ3v) is 2.75. The summed E-state index contributed by atoms with van der Waals surface area (Å²) >= 11 is 0. The molecule has 0 fully saturated rings. The van der Waals surface area contributed by atoms with Crippen molar-refractivity contribution in [3.05, 3.63) is 23.8 Å². The molecule has 1 amide bonds. The molecule has 0 aromatic rings. The number of alkyl carbamates (subject to hydrolysis) is 1. The molecule has 1 rings (SSSR count). The van der Waals surface area contributed by atoms with Crippen LogP contribution >= 0.6 is 0 Å². The van der Waals surface area contributed by atoms with Gasteiger partial charge in [-0.05, 0) is 31.3 Å². The number of hydrogen-bond acceptors (Lipinski definition) is 3. The van der Waals surface area contributed by atoms with Crippen molar-refractivity contribution in [3.63, 3.8) is 0 Å². The van der Waals surface area contributed by atoms with Gasteiger partial charge in [-0.2, -0.15) is 0 Å². The fourth-order valence-corrected chi connectivity index (χ4v) is 1.79. The van der Waals surface area contributed by atoms with Gasteiger partial charge in [0.1, 0.15) is 0 Å². The van der Waals surface area contributed by atoms with E-state index in [4.69, 9.17) is 0 Å². The van der Waals surface area contributed by atoms with Crippen molar-refractivity contribution in [3.8, 4) is 0 Å². The van der Waals surface area contributed by atoms with Crippen LogP contribution in [0.1, 0.15) is 26.7 Å². The fraction of sp³-hybridized carbons (Fsp3) is 0.538. The van der Waals surface area contributed by atoms with E-state index in [9.17, 15) is 9.59 Å². The van der Waals surface area contributed by atoms with Crippen LogP contribution < -0.4 is 5.32 Å². The van der Waals surface area contributed by atoms with Gasteiger partial charge in [-0.3, -0.25) is 4.79 Å². The minimum Gasteiger partial charge on any atom is -0.453 e. The lowest BCUT2D eigenvalue weighted by atomic mass is 9.93. The Labute approximate surface area is 102 Å². The predicted octanol–water partition coefficient (Wildman–Crippen LogP) is 2.21. The Bertz CT molecular complexity index is 358. The van der Waals surface area contributed by atoms with Gasteiger partial charge in [0.15, 0.2) is 5.78 Å². The quantitative estimate of drug-likeness (QED) is 0.815. The Morgan fingerprint density at radius 3 is 2.82 bits per heavy atom. The number of nitrogens with one attached hydrogen (secondary N) is 1. The van der Waals surface area contributed by atoms with Gasteiger partial charge in [-0.1, -0.05) is 25.2 Å². The minimum atomic E-state index is -0.571. The third-order valence-electron chi connectivity index (χ3n) is 2.75. The second-order valence-corrected chi connectivity index (χ2v) is 4.36. The topological polar surface area (TPSA) is 55.4 Å². The Kier molecular flexibility index (Phi) is 4.94. The van der Waals surface area contributed by atoms with Crippen LogP contribution in [0.3, 0.4) is 0 Å². The van der Waals surface area contributed by atoms with Gasteiger partial charge in [0, 0.05) is 0 Å². The highest BCUT2D eigenvalue weighted by atomic mass is 16.5. The molecule has 0 aliphatic heterocycles. The number of allylic oxidation sites excluding steroid dienone is 3. The lowest BCUT2D eigenvalue weighted by molar-refractivity contribution is -0.118. The Morgan fingerprint density at radius 2 is 2.29 bits per heavy atom. The molecule has 94 valence electrons. The van der Waals surface area contributed by atoms with Gasteiger partial charge in [-0.15, -0.1) is 0 Å². The van der Waals surface area contributed by atoms with Crippen molar-refractivity contribution >= 4 is 11.9 Å². The van der Waals surface area contributed by atoms with Crippen LogP contribution in [0.4, 0.5) is 4.79 Å². The van der Waals surface area contributed by atoms with Crippen LogP contribution in [0.25, 0.3) is 0 Å². The van der Waals surface area contributed by atoms with Crippen molar-refractivity contribution in [1.82, 2.24) is 5.32 Å². The molecule has 4 nitrogen and oxygen atoms in total. The molecule has 2 atom stereocenters. The summed E-state index contributed by atoms with van der Waals surface area (Å²) in [6, 6.07) is -0.511. The molecule has 1 aliphatic rings. The van der Waals surface area contributed by atoms with Gasteiger partial charge in [0.25, 0.3) is 0 Å². The monoisotopic (exact) mass is 237 g/mol. The van der Waals surface area contributed by atoms with E-state index in [2.05, 4.69) is 29.1 Å². The van der Waals surface area contributed by atoms with E-state index in [1.807, 2.05) is 6.08 Å². The second-order valence-electron chi connectivity index (χ2n) is 4.36. The molecular formula is C13H19NO3. The molecule has 0 heterocycles. The lowest BCUT2D eigenvalue weighted by Crippen LogP contribution is -2.40. The summed E-state index contributed by atoms with van der Waals surface area (Å²) in [6.07, 6.45) is 7.21. The number of ether oxygens (including phenoxy) is 1. The SMILES string of the molecule is COC(=O)NC(CC1=CC(C)CC=C1)C(C)=O. The van der Waals surface area contributed by atoms with E-state index < -0.39 is 12.1 Å². The van der Waals surface area contributed by atoms with Crippen molar-refractivity contribution in [2.24, 2.45) is 5.92 Å². The largest absolute Gasteiger partial charge is 0.453 e. The van der Waals surface area contributed by atoms with Gasteiger partial charge in [0.05, 0.1) is 13.2 Å². The minimum absolute atomic E-state index is 0.0667. The maximum atomic E-state index is 11.4. The standard InChI is InChI=1S/C13H19NO3/c1-9-5-4-6-11(7-9)8-12(10(2)15)14-13(16)17-3/h4,6-7,9,12H,5,8H2,1-3H3,(H,14,16). The molecule has 0 radical (unpaired) electrons. The smallest absolute Gasteiger partial charge is 0.407 e. The summed E-state index contributed by atoms with van der Waals surface area (Å²) in [5.41, 5.74) is 1.08. The number of methoxy groups -OCH3 is 1. The molecule has 17 heavy (non-hydrogen) atoms. The maximum Gasteiger partial charge on any atom is 0.407 e. The first-order valence-corrected chi connectivity index (χ1v) is 5.75. The molecule has 0 bridgehead atoms. The average molecular weight is 237 g/mol. The van der Waals surface area contributed by atoms with Crippen LogP contribution in [0.5, 0.6) is 0 Å². The highest BCUT2D eigenvalue weighted by Crippen LogP contribution is 2.19. The van der Waals surface area contributed by atoms with E-state index in [-0.39, 0.29) is 5.78 Å². The molecule has 0 saturated heterocycles. The lowest BCUT2D eigenvalue weighted by Gasteiger charge is -2.18. The number of carbonyl (C=O) groups excluding carboxylic acids is 2. The summed E-state index contributed by atoms with van der Waals surface area (Å²) in [6.45, 7) is 3.59. The summed E-state index contributed by atoms with van der Waals surface area (Å²) in [4.78, 5) is 22.5. The second kappa shape index (κ2) is 6.23. The normalized spacial score (nSPS) is 20.4. The molecule has 0 spiro atoms. The van der Waals surface area contributed by atoms with Crippen LogP contribution in [0, 0.1) is 5.92 Å². The molecule has 0 aromatic carbocycles. The average Bonchev–Trinajstić information content (AvgIpc) is 2.27. The summed E-state index contributed by atoms with van der Waals surface area (Å²) in [5.74, 6) is 0.420. The first-order chi connectivity index (χ1) is 8.02. The van der Waals surface area contributed by atoms with E-state index in [0.717, 1.165) is 12.0 Å². The predicted molar refractivity (Wildman–Crippen MR) is 65.6 cm³/mol. The van der Waals surface area contributed by atoms with Crippen molar-refractivity contribution < 1.29 is 14.3 Å². The van der Waals surface area contributed by atoms with Crippen molar-refractivity contribution in [1.29, 1.82) is 0 Å². The zero-order valence-electron chi connectivity index (χ0n) is 10.5. The van der Waals surface area contributed by atoms with Gasteiger partial charge in [-0.25, -0.2) is 4.79 Å². The maximum absolute atomic E-state index is 11.4. The highest BCUT2D eigenvalue weighted by molar-refractivity contribution is 5.85. The summed E-state index contributed by atoms with van der Waals surface area (Å²) < 4.78 is 4.50. The van der Waals surface area contributed by atoms with Gasteiger partial charge in [0.2, 0.25) is 0 Å². The highest BCUT2D eigenvalue weighted by Gasteiger charge is 2.19. The van der Waals surface area contributed by atoms with Crippen molar-refractivity contribution in [2.75, 3.05) is 7.11 Å². The molecular weight excluding hydrogens is 218 g/mol. The molecule has 1 aliphatic carbocycles. The van der Waals surface area contributed by atoms with Gasteiger partial charge >= 0.3 is 6.09 Å².